The molecule has 0 saturated heterocycles. The van der Waals surface area contributed by atoms with E-state index in [0.29, 0.717) is 11.4 Å². The monoisotopic (exact) mass is 709 g/mol. The van der Waals surface area contributed by atoms with Crippen molar-refractivity contribution in [3.05, 3.63) is 52.0 Å². The van der Waals surface area contributed by atoms with Gasteiger partial charge in [0, 0.05) is 31.4 Å². The van der Waals surface area contributed by atoms with Gasteiger partial charge >= 0.3 is 0 Å². The number of hydrogen-bond acceptors (Lipinski definition) is 8. The topological polar surface area (TPSA) is 170 Å². The van der Waals surface area contributed by atoms with Crippen LogP contribution in [0.5, 0.6) is 0 Å². The zero-order valence-corrected chi connectivity index (χ0v) is 31.3. The van der Waals surface area contributed by atoms with Gasteiger partial charge in [-0.3, -0.25) is 28.8 Å². The first kappa shape index (κ1) is 38.5. The Bertz CT molecular complexity index is 1590. The van der Waals surface area contributed by atoms with Crippen LogP contribution in [0.3, 0.4) is 0 Å². The molecular weight excluding hydrogens is 659 g/mol. The largest absolute Gasteiger partial charge is 0.345 e. The summed E-state index contributed by atoms with van der Waals surface area (Å²) < 4.78 is 0. The SMILES string of the molecule is CC(C)[C@@H]1NC(=O)[C@H](C)NC(=O)c2csc(n2)[C@H](Cc2ccccc2)NC(=O)CN(C(=O)C2C(C)(C)C2(C)C)CCN(C)C(=O)[C@@H](C)NC1=O. The van der Waals surface area contributed by atoms with Crippen LogP contribution in [0.2, 0.25) is 0 Å². The fourth-order valence-electron chi connectivity index (χ4n) is 6.50. The van der Waals surface area contributed by atoms with Gasteiger partial charge in [-0.15, -0.1) is 11.3 Å². The molecule has 2 aliphatic rings. The van der Waals surface area contributed by atoms with Gasteiger partial charge in [-0.1, -0.05) is 71.9 Å². The molecule has 6 amide bonds. The van der Waals surface area contributed by atoms with E-state index in [-0.39, 0.29) is 53.9 Å². The first-order chi connectivity index (χ1) is 23.3. The highest BCUT2D eigenvalue weighted by Gasteiger charge is 2.68. The Balaban J connectivity index is 1.68. The summed E-state index contributed by atoms with van der Waals surface area (Å²) in [6, 6.07) is 5.99. The highest BCUT2D eigenvalue weighted by molar-refractivity contribution is 7.09. The van der Waals surface area contributed by atoms with Crippen LogP contribution in [0.15, 0.2) is 35.7 Å². The predicted octanol–water partition coefficient (Wildman–Crippen LogP) is 2.29. The van der Waals surface area contributed by atoms with Crippen LogP contribution in [0.25, 0.3) is 0 Å². The molecule has 0 spiro atoms. The van der Waals surface area contributed by atoms with Crippen molar-refractivity contribution < 1.29 is 28.8 Å². The van der Waals surface area contributed by atoms with Crippen LogP contribution in [0.1, 0.15) is 82.5 Å². The number of nitrogens with one attached hydrogen (secondary N) is 4. The van der Waals surface area contributed by atoms with E-state index in [4.69, 9.17) is 0 Å². The minimum absolute atomic E-state index is 0.0754. The molecule has 2 bridgehead atoms. The zero-order valence-electron chi connectivity index (χ0n) is 30.5. The lowest BCUT2D eigenvalue weighted by atomic mass is 10.0. The second-order valence-electron chi connectivity index (χ2n) is 14.9. The van der Waals surface area contributed by atoms with Gasteiger partial charge in [0.1, 0.15) is 28.8 Å². The molecule has 4 rings (SSSR count). The maximum absolute atomic E-state index is 14.0. The molecule has 13 nitrogen and oxygen atoms in total. The minimum atomic E-state index is -1.01. The lowest BCUT2D eigenvalue weighted by molar-refractivity contribution is -0.140. The molecule has 50 heavy (non-hydrogen) atoms. The van der Waals surface area contributed by atoms with Gasteiger partial charge in [0.05, 0.1) is 12.6 Å². The van der Waals surface area contributed by atoms with Gasteiger partial charge in [-0.2, -0.15) is 0 Å². The molecule has 1 fully saturated rings. The second kappa shape index (κ2) is 15.3. The molecule has 1 aliphatic carbocycles. The lowest BCUT2D eigenvalue weighted by Crippen LogP contribution is -2.57. The number of thiazole rings is 1. The normalized spacial score (nSPS) is 25.6. The lowest BCUT2D eigenvalue weighted by Gasteiger charge is -2.29. The van der Waals surface area contributed by atoms with Crippen LogP contribution < -0.4 is 21.3 Å². The number of benzene rings is 1. The van der Waals surface area contributed by atoms with Gasteiger partial charge in [0.2, 0.25) is 29.5 Å². The van der Waals surface area contributed by atoms with Crippen LogP contribution in [0.4, 0.5) is 0 Å². The number of aromatic nitrogens is 1. The van der Waals surface area contributed by atoms with Crippen LogP contribution in [-0.2, 0) is 30.4 Å². The third-order valence-electron chi connectivity index (χ3n) is 10.4. The Hall–Kier alpha value is -4.33. The molecule has 0 radical (unpaired) electrons. The molecule has 0 unspecified atom stereocenters. The molecular formula is C36H51N7O6S. The molecule has 1 aromatic carbocycles. The summed E-state index contributed by atoms with van der Waals surface area (Å²) in [4.78, 5) is 88.3. The number of hydrogen-bond donors (Lipinski definition) is 4. The molecule has 1 aliphatic heterocycles. The third-order valence-corrected chi connectivity index (χ3v) is 11.3. The van der Waals surface area contributed by atoms with Crippen LogP contribution in [0, 0.1) is 22.7 Å². The van der Waals surface area contributed by atoms with Gasteiger partial charge in [-0.25, -0.2) is 4.98 Å². The molecule has 2 aromatic rings. The minimum Gasteiger partial charge on any atom is -0.345 e. The molecule has 14 heteroatoms. The number of likely N-dealkylation sites (N-methyl/N-ethyl adjacent to an activating group) is 1. The van der Waals surface area contributed by atoms with E-state index < -0.39 is 53.7 Å². The molecule has 4 N–H and O–H groups in total. The average Bonchev–Trinajstić information content (AvgIpc) is 3.34. The average molecular weight is 710 g/mol. The molecule has 2 heterocycles. The summed E-state index contributed by atoms with van der Waals surface area (Å²) in [5, 5.41) is 13.1. The van der Waals surface area contributed by atoms with E-state index in [1.165, 1.54) is 28.1 Å². The van der Waals surface area contributed by atoms with Crippen molar-refractivity contribution in [1.29, 1.82) is 0 Å². The predicted molar refractivity (Wildman–Crippen MR) is 190 cm³/mol. The summed E-state index contributed by atoms with van der Waals surface area (Å²) in [6.07, 6.45) is 0.378. The first-order valence-corrected chi connectivity index (χ1v) is 18.0. The fourth-order valence-corrected chi connectivity index (χ4v) is 7.35. The summed E-state index contributed by atoms with van der Waals surface area (Å²) in [7, 11) is 1.58. The Kier molecular flexibility index (Phi) is 11.8. The zero-order chi connectivity index (χ0) is 37.1. The van der Waals surface area contributed by atoms with Crippen LogP contribution in [-0.4, -0.2) is 95.0 Å². The number of rotatable bonds is 4. The summed E-state index contributed by atoms with van der Waals surface area (Å²) >= 11 is 1.20. The molecule has 1 aromatic heterocycles. The highest BCUT2D eigenvalue weighted by atomic mass is 32.1. The van der Waals surface area contributed by atoms with Gasteiger partial charge in [-0.05, 0) is 42.6 Å². The Morgan fingerprint density at radius 2 is 1.54 bits per heavy atom. The van der Waals surface area contributed by atoms with E-state index in [1.807, 2.05) is 58.0 Å². The van der Waals surface area contributed by atoms with Crippen molar-refractivity contribution >= 4 is 46.8 Å². The van der Waals surface area contributed by atoms with Crippen molar-refractivity contribution in [2.45, 2.75) is 86.0 Å². The second-order valence-corrected chi connectivity index (χ2v) is 15.8. The number of nitrogens with zero attached hydrogens (tertiary/aromatic N) is 3. The third kappa shape index (κ3) is 8.51. The van der Waals surface area contributed by atoms with Crippen molar-refractivity contribution in [2.75, 3.05) is 26.7 Å². The van der Waals surface area contributed by atoms with Crippen molar-refractivity contribution in [3.63, 3.8) is 0 Å². The van der Waals surface area contributed by atoms with Gasteiger partial charge in [0.15, 0.2) is 0 Å². The van der Waals surface area contributed by atoms with E-state index in [0.717, 1.165) is 5.56 Å². The van der Waals surface area contributed by atoms with Crippen molar-refractivity contribution in [1.82, 2.24) is 36.1 Å². The number of fused-ring (bicyclic) bond motifs is 2. The molecule has 1 saturated carbocycles. The van der Waals surface area contributed by atoms with E-state index >= 15 is 0 Å². The maximum atomic E-state index is 14.0. The summed E-state index contributed by atoms with van der Waals surface area (Å²) in [5.41, 5.74) is 0.445. The highest BCUT2D eigenvalue weighted by Crippen LogP contribution is 2.68. The van der Waals surface area contributed by atoms with E-state index in [2.05, 4.69) is 26.3 Å². The Morgan fingerprint density at radius 1 is 0.900 bits per heavy atom. The standard InChI is InChI=1S/C36H51N7O6S/c1-20(2)27-31(47)38-22(4)33(48)42(9)15-16-43(34(49)28-35(5,6)36(28,7)8)18-26(44)39-24(17-23-13-11-10-12-14-23)32-40-25(19-50-32)30(46)37-21(3)29(45)41-27/h10-14,19-22,24,27-28H,15-18H2,1-9H3,(H,37,46)(H,38,47)(H,39,44)(H,41,45)/t21-,22+,24-,27-/m0/s1. The quantitative estimate of drug-likeness (QED) is 0.378. The first-order valence-electron chi connectivity index (χ1n) is 17.1. The molecule has 4 atom stereocenters. The van der Waals surface area contributed by atoms with Gasteiger partial charge < -0.3 is 31.1 Å². The maximum Gasteiger partial charge on any atom is 0.271 e. The summed E-state index contributed by atoms with van der Waals surface area (Å²) in [5.74, 6) is -3.35. The van der Waals surface area contributed by atoms with E-state index in [9.17, 15) is 28.8 Å². The van der Waals surface area contributed by atoms with Gasteiger partial charge in [0.25, 0.3) is 5.91 Å². The number of amides is 6. The molecule has 272 valence electrons. The Morgan fingerprint density at radius 3 is 2.14 bits per heavy atom. The smallest absolute Gasteiger partial charge is 0.271 e. The fraction of sp³-hybridized carbons (Fsp3) is 0.583. The number of carbonyl (C=O) groups is 6. The van der Waals surface area contributed by atoms with E-state index in [1.54, 1.807) is 33.2 Å². The Labute approximate surface area is 298 Å². The van der Waals surface area contributed by atoms with Crippen LogP contribution >= 0.6 is 11.3 Å². The van der Waals surface area contributed by atoms with Crippen molar-refractivity contribution in [2.24, 2.45) is 22.7 Å². The van der Waals surface area contributed by atoms with Crippen molar-refractivity contribution in [3.8, 4) is 0 Å². The number of carbonyl (C=O) groups excluding carboxylic acids is 6. The summed E-state index contributed by atoms with van der Waals surface area (Å²) in [6.45, 7) is 14.7.